The second-order valence-electron chi connectivity index (χ2n) is 5.89. The zero-order valence-electron chi connectivity index (χ0n) is 13.2. The predicted molar refractivity (Wildman–Crippen MR) is 87.0 cm³/mol. The lowest BCUT2D eigenvalue weighted by molar-refractivity contribution is 0.102. The molecule has 21 heavy (non-hydrogen) atoms. The van der Waals surface area contributed by atoms with Gasteiger partial charge < -0.3 is 20.3 Å². The van der Waals surface area contributed by atoms with Gasteiger partial charge in [0.05, 0.1) is 19.3 Å². The molecule has 1 fully saturated rings. The molecule has 0 unspecified atom stereocenters. The van der Waals surface area contributed by atoms with E-state index < -0.39 is 0 Å². The van der Waals surface area contributed by atoms with Crippen LogP contribution in [0.2, 0.25) is 0 Å². The van der Waals surface area contributed by atoms with Crippen molar-refractivity contribution < 1.29 is 4.74 Å². The van der Waals surface area contributed by atoms with Crippen LogP contribution in [-0.4, -0.2) is 55.7 Å². The lowest BCUT2D eigenvalue weighted by atomic mass is 10.1. The Labute approximate surface area is 128 Å². The molecule has 1 aromatic rings. The maximum atomic E-state index is 6.20. The molecule has 4 nitrogen and oxygen atoms in total. The number of nitrogens with two attached hydrogens (primary N) is 1. The molecule has 0 aromatic heterocycles. The van der Waals surface area contributed by atoms with Crippen LogP contribution in [-0.2, 0) is 11.3 Å². The van der Waals surface area contributed by atoms with Crippen LogP contribution in [0.15, 0.2) is 36.5 Å². The Balaban J connectivity index is 1.74. The Morgan fingerprint density at radius 1 is 1.33 bits per heavy atom. The van der Waals surface area contributed by atoms with Gasteiger partial charge >= 0.3 is 0 Å². The first-order valence-electron chi connectivity index (χ1n) is 7.57. The van der Waals surface area contributed by atoms with Gasteiger partial charge in [-0.15, -0.1) is 0 Å². The highest BCUT2D eigenvalue weighted by molar-refractivity contribution is 5.21. The molecule has 1 atom stereocenters. The standard InChI is InChI=1S/C17H27N3O/c1-14-5-4-6-16(11-14)12-21-13-17(18)15(2)20-9-7-19(3)8-10-20/h4-6,11,17H,2,7-10,12-13,18H2,1,3H3/t17-/m1/s1. The number of piperazine rings is 1. The first-order valence-corrected chi connectivity index (χ1v) is 7.57. The van der Waals surface area contributed by atoms with E-state index >= 15 is 0 Å². The Morgan fingerprint density at radius 3 is 2.71 bits per heavy atom. The van der Waals surface area contributed by atoms with E-state index in [1.807, 2.05) is 0 Å². The van der Waals surface area contributed by atoms with Gasteiger partial charge in [0.15, 0.2) is 0 Å². The van der Waals surface area contributed by atoms with Crippen LogP contribution >= 0.6 is 0 Å². The van der Waals surface area contributed by atoms with Gasteiger partial charge in [0.25, 0.3) is 0 Å². The Morgan fingerprint density at radius 2 is 2.05 bits per heavy atom. The molecular weight excluding hydrogens is 262 g/mol. The van der Waals surface area contributed by atoms with Crippen LogP contribution in [0.3, 0.4) is 0 Å². The lowest BCUT2D eigenvalue weighted by Crippen LogP contribution is -2.47. The summed E-state index contributed by atoms with van der Waals surface area (Å²) in [6, 6.07) is 8.23. The summed E-state index contributed by atoms with van der Waals surface area (Å²) >= 11 is 0. The van der Waals surface area contributed by atoms with E-state index in [1.54, 1.807) is 0 Å². The van der Waals surface area contributed by atoms with Crippen molar-refractivity contribution in [2.24, 2.45) is 5.73 Å². The van der Waals surface area contributed by atoms with Crippen molar-refractivity contribution >= 4 is 0 Å². The number of nitrogens with zero attached hydrogens (tertiary/aromatic N) is 2. The monoisotopic (exact) mass is 289 g/mol. The Bertz CT molecular complexity index is 467. The number of hydrogen-bond acceptors (Lipinski definition) is 4. The van der Waals surface area contributed by atoms with Gasteiger partial charge in [0.1, 0.15) is 0 Å². The molecule has 0 radical (unpaired) electrons. The SMILES string of the molecule is C=C([C@H](N)COCc1cccc(C)c1)N1CCN(C)CC1. The summed E-state index contributed by atoms with van der Waals surface area (Å²) in [4.78, 5) is 4.60. The van der Waals surface area contributed by atoms with Gasteiger partial charge in [-0.25, -0.2) is 0 Å². The minimum atomic E-state index is -0.127. The molecule has 0 saturated carbocycles. The van der Waals surface area contributed by atoms with Crippen molar-refractivity contribution in [3.8, 4) is 0 Å². The van der Waals surface area contributed by atoms with Gasteiger partial charge in [-0.1, -0.05) is 36.4 Å². The second kappa shape index (κ2) is 7.59. The highest BCUT2D eigenvalue weighted by atomic mass is 16.5. The highest BCUT2D eigenvalue weighted by Gasteiger charge is 2.19. The van der Waals surface area contributed by atoms with E-state index in [-0.39, 0.29) is 6.04 Å². The third-order valence-electron chi connectivity index (χ3n) is 3.99. The topological polar surface area (TPSA) is 41.7 Å². The molecule has 4 heteroatoms. The molecular formula is C17H27N3O. The molecule has 116 valence electrons. The molecule has 0 spiro atoms. The summed E-state index contributed by atoms with van der Waals surface area (Å²) in [7, 11) is 2.14. The van der Waals surface area contributed by atoms with Crippen molar-refractivity contribution in [1.29, 1.82) is 0 Å². The fraction of sp³-hybridized carbons (Fsp3) is 0.529. The van der Waals surface area contributed by atoms with E-state index in [4.69, 9.17) is 10.5 Å². The minimum absolute atomic E-state index is 0.127. The average molecular weight is 289 g/mol. The van der Waals surface area contributed by atoms with E-state index in [2.05, 4.69) is 54.6 Å². The predicted octanol–water partition coefficient (Wildman–Crippen LogP) is 1.60. The van der Waals surface area contributed by atoms with Gasteiger partial charge in [-0.05, 0) is 19.5 Å². The van der Waals surface area contributed by atoms with Crippen molar-refractivity contribution in [2.75, 3.05) is 39.8 Å². The molecule has 0 bridgehead atoms. The maximum absolute atomic E-state index is 6.20. The lowest BCUT2D eigenvalue weighted by Gasteiger charge is -2.37. The molecule has 1 aliphatic heterocycles. The van der Waals surface area contributed by atoms with Gasteiger partial charge in [-0.3, -0.25) is 0 Å². The largest absolute Gasteiger partial charge is 0.375 e. The van der Waals surface area contributed by atoms with E-state index in [1.165, 1.54) is 11.1 Å². The summed E-state index contributed by atoms with van der Waals surface area (Å²) in [5, 5.41) is 0. The van der Waals surface area contributed by atoms with Crippen LogP contribution in [0, 0.1) is 6.92 Å². The van der Waals surface area contributed by atoms with Crippen molar-refractivity contribution in [1.82, 2.24) is 9.80 Å². The average Bonchev–Trinajstić information content (AvgIpc) is 2.47. The summed E-state index contributed by atoms with van der Waals surface area (Å²) in [6.45, 7) is 11.5. The molecule has 1 aliphatic rings. The molecule has 2 N–H and O–H groups in total. The number of ether oxygens (including phenoxy) is 1. The maximum Gasteiger partial charge on any atom is 0.0717 e. The quantitative estimate of drug-likeness (QED) is 0.864. The molecule has 2 rings (SSSR count). The number of likely N-dealkylation sites (N-methyl/N-ethyl adjacent to an activating group) is 1. The third kappa shape index (κ3) is 4.84. The number of aryl methyl sites for hydroxylation is 1. The third-order valence-corrected chi connectivity index (χ3v) is 3.99. The first kappa shape index (κ1) is 16.0. The minimum Gasteiger partial charge on any atom is -0.375 e. The van der Waals surface area contributed by atoms with Crippen LogP contribution < -0.4 is 5.73 Å². The summed E-state index contributed by atoms with van der Waals surface area (Å²) < 4.78 is 5.75. The Hall–Kier alpha value is -1.36. The number of rotatable bonds is 6. The molecule has 1 aromatic carbocycles. The summed E-state index contributed by atoms with van der Waals surface area (Å²) in [6.07, 6.45) is 0. The van der Waals surface area contributed by atoms with Crippen LogP contribution in [0.25, 0.3) is 0 Å². The molecule has 0 aliphatic carbocycles. The highest BCUT2D eigenvalue weighted by Crippen LogP contribution is 2.11. The fourth-order valence-electron chi connectivity index (χ4n) is 2.53. The zero-order chi connectivity index (χ0) is 15.2. The van der Waals surface area contributed by atoms with E-state index in [0.29, 0.717) is 13.2 Å². The zero-order valence-corrected chi connectivity index (χ0v) is 13.2. The first-order chi connectivity index (χ1) is 10.1. The van der Waals surface area contributed by atoms with Crippen LogP contribution in [0.4, 0.5) is 0 Å². The van der Waals surface area contributed by atoms with Crippen molar-refractivity contribution in [2.45, 2.75) is 19.6 Å². The molecule has 1 heterocycles. The van der Waals surface area contributed by atoms with Gasteiger partial charge in [-0.2, -0.15) is 0 Å². The molecule has 1 saturated heterocycles. The smallest absolute Gasteiger partial charge is 0.0717 e. The second-order valence-corrected chi connectivity index (χ2v) is 5.89. The van der Waals surface area contributed by atoms with Crippen molar-refractivity contribution in [3.05, 3.63) is 47.7 Å². The van der Waals surface area contributed by atoms with Crippen molar-refractivity contribution in [3.63, 3.8) is 0 Å². The van der Waals surface area contributed by atoms with E-state index in [0.717, 1.165) is 31.9 Å². The number of hydrogen-bond donors (Lipinski definition) is 1. The van der Waals surface area contributed by atoms with Gasteiger partial charge in [0, 0.05) is 31.9 Å². The fourth-order valence-corrected chi connectivity index (χ4v) is 2.53. The van der Waals surface area contributed by atoms with E-state index in [9.17, 15) is 0 Å². The normalized spacial score (nSPS) is 17.8. The van der Waals surface area contributed by atoms with Crippen LogP contribution in [0.1, 0.15) is 11.1 Å². The Kier molecular flexibility index (Phi) is 5.79. The van der Waals surface area contributed by atoms with Crippen LogP contribution in [0.5, 0.6) is 0 Å². The summed E-state index contributed by atoms with van der Waals surface area (Å²) in [5.41, 5.74) is 9.63. The molecule has 0 amide bonds. The summed E-state index contributed by atoms with van der Waals surface area (Å²) in [5.74, 6) is 0. The van der Waals surface area contributed by atoms with Gasteiger partial charge in [0.2, 0.25) is 0 Å². The number of benzene rings is 1.